The lowest BCUT2D eigenvalue weighted by Gasteiger charge is -2.17. The van der Waals surface area contributed by atoms with Crippen molar-refractivity contribution in [2.24, 2.45) is 0 Å². The molecule has 3 nitrogen and oxygen atoms in total. The molecular weight excluding hydrogens is 366 g/mol. The van der Waals surface area contributed by atoms with Crippen LogP contribution >= 0.6 is 0 Å². The van der Waals surface area contributed by atoms with Gasteiger partial charge in [0.2, 0.25) is 0 Å². The zero-order valence-electron chi connectivity index (χ0n) is 17.2. The summed E-state index contributed by atoms with van der Waals surface area (Å²) >= 11 is 0. The van der Waals surface area contributed by atoms with Crippen molar-refractivity contribution in [2.45, 2.75) is 0 Å². The standard InChI is InChI=1S/C24H28N3.ClH/c1-25-21-12-6-18(7-13-21)24(19-8-14-22(15-9-19)26(2)3)20-10-16-23(17-11-20)27(4)5;/h6-17,25H,1-5H3;1H/q+1;/p-1. The smallest absolute Gasteiger partial charge is 0.0632 e. The molecule has 0 atom stereocenters. The van der Waals surface area contributed by atoms with E-state index in [1.807, 2.05) is 7.05 Å². The van der Waals surface area contributed by atoms with Crippen LogP contribution in [0.15, 0.2) is 72.8 Å². The van der Waals surface area contributed by atoms with Gasteiger partial charge < -0.3 is 27.5 Å². The highest BCUT2D eigenvalue weighted by molar-refractivity contribution is 5.63. The molecule has 0 saturated carbocycles. The molecule has 0 bridgehead atoms. The third-order valence-corrected chi connectivity index (χ3v) is 4.81. The second-order valence-electron chi connectivity index (χ2n) is 7.08. The number of nitrogens with one attached hydrogen (secondary N) is 1. The fourth-order valence-corrected chi connectivity index (χ4v) is 3.16. The Morgan fingerprint density at radius 1 is 0.571 bits per heavy atom. The number of benzene rings is 3. The molecule has 3 rings (SSSR count). The fourth-order valence-electron chi connectivity index (χ4n) is 3.16. The molecule has 0 heterocycles. The van der Waals surface area contributed by atoms with Gasteiger partial charge in [-0.25, -0.2) is 0 Å². The zero-order valence-corrected chi connectivity index (χ0v) is 18.0. The van der Waals surface area contributed by atoms with Gasteiger partial charge in [-0.3, -0.25) is 0 Å². The predicted octanol–water partition coefficient (Wildman–Crippen LogP) is 1.88. The Morgan fingerprint density at radius 2 is 0.893 bits per heavy atom. The second-order valence-corrected chi connectivity index (χ2v) is 7.08. The van der Waals surface area contributed by atoms with Crippen molar-refractivity contribution in [3.63, 3.8) is 0 Å². The SMILES string of the molecule is CNc1ccc([C+](c2ccc(N(C)C)cc2)c2ccc(N(C)C)cc2)cc1.[Cl-]. The molecule has 146 valence electrons. The molecule has 0 radical (unpaired) electrons. The summed E-state index contributed by atoms with van der Waals surface area (Å²) in [6, 6.07) is 26.1. The summed E-state index contributed by atoms with van der Waals surface area (Å²) in [7, 11) is 10.2. The van der Waals surface area contributed by atoms with Crippen LogP contribution in [0.5, 0.6) is 0 Å². The van der Waals surface area contributed by atoms with Crippen molar-refractivity contribution < 1.29 is 12.4 Å². The quantitative estimate of drug-likeness (QED) is 0.509. The molecule has 3 aromatic rings. The Bertz CT molecular complexity index is 802. The van der Waals surface area contributed by atoms with Crippen LogP contribution in [0, 0.1) is 5.92 Å². The van der Waals surface area contributed by atoms with Crippen LogP contribution in [0.4, 0.5) is 17.1 Å². The van der Waals surface area contributed by atoms with Crippen molar-refractivity contribution in [2.75, 3.05) is 50.4 Å². The number of hydrogen-bond donors (Lipinski definition) is 1. The van der Waals surface area contributed by atoms with Crippen LogP contribution < -0.4 is 27.5 Å². The maximum absolute atomic E-state index is 3.19. The van der Waals surface area contributed by atoms with E-state index < -0.39 is 0 Å². The van der Waals surface area contributed by atoms with Gasteiger partial charge in [-0.05, 0) is 72.8 Å². The molecule has 1 N–H and O–H groups in total. The van der Waals surface area contributed by atoms with Gasteiger partial charge in [0.15, 0.2) is 0 Å². The molecule has 0 fully saturated rings. The summed E-state index contributed by atoms with van der Waals surface area (Å²) in [6.07, 6.45) is 0. The van der Waals surface area contributed by atoms with Crippen LogP contribution in [0.1, 0.15) is 16.7 Å². The summed E-state index contributed by atoms with van der Waals surface area (Å²) in [5.41, 5.74) is 7.16. The molecule has 28 heavy (non-hydrogen) atoms. The van der Waals surface area contributed by atoms with Crippen molar-refractivity contribution in [3.05, 3.63) is 95.4 Å². The first-order valence-electron chi connectivity index (χ1n) is 9.20. The minimum Gasteiger partial charge on any atom is -1.00 e. The van der Waals surface area contributed by atoms with Gasteiger partial charge in [-0.15, -0.1) is 0 Å². The highest BCUT2D eigenvalue weighted by atomic mass is 35.5. The van der Waals surface area contributed by atoms with E-state index in [0.29, 0.717) is 0 Å². The lowest BCUT2D eigenvalue weighted by Crippen LogP contribution is -3.00. The molecule has 0 spiro atoms. The third kappa shape index (κ3) is 4.73. The Morgan fingerprint density at radius 3 is 1.18 bits per heavy atom. The lowest BCUT2D eigenvalue weighted by atomic mass is 9.85. The van der Waals surface area contributed by atoms with Gasteiger partial charge in [0.05, 0.1) is 22.6 Å². The first-order valence-corrected chi connectivity index (χ1v) is 9.20. The average Bonchev–Trinajstić information content (AvgIpc) is 2.69. The Kier molecular flexibility index (Phi) is 7.24. The number of nitrogens with zero attached hydrogens (tertiary/aromatic N) is 2. The maximum atomic E-state index is 3.19. The summed E-state index contributed by atoms with van der Waals surface area (Å²) in [5.74, 6) is 1.24. The molecule has 0 aliphatic carbocycles. The highest BCUT2D eigenvalue weighted by Crippen LogP contribution is 2.33. The minimum atomic E-state index is 0. The average molecular weight is 394 g/mol. The molecule has 3 aromatic carbocycles. The van der Waals surface area contributed by atoms with Crippen molar-refractivity contribution in [3.8, 4) is 0 Å². The normalized spacial score (nSPS) is 10.0. The van der Waals surface area contributed by atoms with E-state index in [1.54, 1.807) is 0 Å². The number of anilines is 3. The van der Waals surface area contributed by atoms with E-state index in [9.17, 15) is 0 Å². The van der Waals surface area contributed by atoms with E-state index in [4.69, 9.17) is 0 Å². The van der Waals surface area contributed by atoms with Crippen LogP contribution in [0.3, 0.4) is 0 Å². The van der Waals surface area contributed by atoms with E-state index in [0.717, 1.165) is 5.69 Å². The monoisotopic (exact) mass is 393 g/mol. The van der Waals surface area contributed by atoms with Crippen molar-refractivity contribution >= 4 is 17.1 Å². The summed E-state index contributed by atoms with van der Waals surface area (Å²) in [4.78, 5) is 4.24. The summed E-state index contributed by atoms with van der Waals surface area (Å²) < 4.78 is 0. The fraction of sp³-hybridized carbons (Fsp3) is 0.208. The number of rotatable bonds is 6. The molecule has 0 saturated heterocycles. The highest BCUT2D eigenvalue weighted by Gasteiger charge is 2.23. The molecule has 0 unspecified atom stereocenters. The van der Waals surface area contributed by atoms with E-state index in [2.05, 4.69) is 116 Å². The van der Waals surface area contributed by atoms with Gasteiger partial charge in [0, 0.05) is 52.3 Å². The van der Waals surface area contributed by atoms with E-state index >= 15 is 0 Å². The zero-order chi connectivity index (χ0) is 19.4. The largest absolute Gasteiger partial charge is 1.00 e. The molecule has 0 aromatic heterocycles. The topological polar surface area (TPSA) is 18.5 Å². The molecule has 0 aliphatic rings. The van der Waals surface area contributed by atoms with Crippen LogP contribution in [-0.4, -0.2) is 35.2 Å². The minimum absolute atomic E-state index is 0. The lowest BCUT2D eigenvalue weighted by molar-refractivity contribution is -0.00000550. The first kappa shape index (κ1) is 21.5. The first-order chi connectivity index (χ1) is 13.0. The van der Waals surface area contributed by atoms with Crippen LogP contribution in [0.2, 0.25) is 0 Å². The predicted molar refractivity (Wildman–Crippen MR) is 118 cm³/mol. The number of hydrogen-bond acceptors (Lipinski definition) is 3. The molecule has 0 amide bonds. The van der Waals surface area contributed by atoms with Crippen LogP contribution in [-0.2, 0) is 0 Å². The Balaban J connectivity index is 0.00000280. The van der Waals surface area contributed by atoms with Crippen LogP contribution in [0.25, 0.3) is 0 Å². The van der Waals surface area contributed by atoms with E-state index in [1.165, 1.54) is 34.0 Å². The Hall–Kier alpha value is -2.78. The maximum Gasteiger partial charge on any atom is 0.0632 e. The molecular formula is C24H28ClN3. The van der Waals surface area contributed by atoms with Gasteiger partial charge >= 0.3 is 0 Å². The van der Waals surface area contributed by atoms with Crippen molar-refractivity contribution in [1.29, 1.82) is 0 Å². The second kappa shape index (κ2) is 9.43. The molecule has 0 aliphatic heterocycles. The summed E-state index contributed by atoms with van der Waals surface area (Å²) in [5, 5.41) is 3.19. The van der Waals surface area contributed by atoms with E-state index in [-0.39, 0.29) is 12.4 Å². The van der Waals surface area contributed by atoms with Gasteiger partial charge in [-0.2, -0.15) is 0 Å². The summed E-state index contributed by atoms with van der Waals surface area (Å²) in [6.45, 7) is 0. The van der Waals surface area contributed by atoms with Gasteiger partial charge in [0.1, 0.15) is 0 Å². The third-order valence-electron chi connectivity index (χ3n) is 4.81. The van der Waals surface area contributed by atoms with Gasteiger partial charge in [-0.1, -0.05) is 0 Å². The van der Waals surface area contributed by atoms with Crippen molar-refractivity contribution in [1.82, 2.24) is 0 Å². The Labute approximate surface area is 175 Å². The van der Waals surface area contributed by atoms with Gasteiger partial charge in [0.25, 0.3) is 0 Å². The molecule has 4 heteroatoms. The number of halogens is 1.